The highest BCUT2D eigenvalue weighted by atomic mass is 16.5. The van der Waals surface area contributed by atoms with Gasteiger partial charge in [0.15, 0.2) is 0 Å². The second-order valence-corrected chi connectivity index (χ2v) is 5.22. The van der Waals surface area contributed by atoms with Crippen molar-refractivity contribution in [2.75, 3.05) is 40.4 Å². The predicted octanol–water partition coefficient (Wildman–Crippen LogP) is 1.14. The molecule has 0 aromatic rings. The first-order valence-corrected chi connectivity index (χ1v) is 7.51. The van der Waals surface area contributed by atoms with Crippen molar-refractivity contribution in [2.45, 2.75) is 26.7 Å². The van der Waals surface area contributed by atoms with Gasteiger partial charge in [-0.2, -0.15) is 0 Å². The monoisotopic (exact) mass is 311 g/mol. The summed E-state index contributed by atoms with van der Waals surface area (Å²) >= 11 is 0. The number of carbonyl (C=O) groups is 2. The number of nitrogens with zero attached hydrogens (tertiary/aromatic N) is 2. The minimum atomic E-state index is -0.327. The molecule has 6 heteroatoms. The van der Waals surface area contributed by atoms with Gasteiger partial charge in [-0.05, 0) is 19.4 Å². The molecular formula is C16H29N3O3. The highest BCUT2D eigenvalue weighted by Gasteiger charge is 2.12. The molecule has 0 aliphatic carbocycles. The lowest BCUT2D eigenvalue weighted by Gasteiger charge is -2.25. The quantitative estimate of drug-likeness (QED) is 0.773. The van der Waals surface area contributed by atoms with Crippen LogP contribution in [0, 0.1) is 0 Å². The summed E-state index contributed by atoms with van der Waals surface area (Å²) in [5.74, 6) is -0.324. The molecule has 0 unspecified atom stereocenters. The molecule has 2 N–H and O–H groups in total. The molecule has 1 fully saturated rings. The smallest absolute Gasteiger partial charge is 0.246 e. The summed E-state index contributed by atoms with van der Waals surface area (Å²) in [7, 11) is 3.86. The Bertz CT molecular complexity index is 411. The van der Waals surface area contributed by atoms with E-state index in [-0.39, 0.29) is 11.8 Å². The molecule has 0 radical (unpaired) electrons. The van der Waals surface area contributed by atoms with Crippen LogP contribution < -0.4 is 5.73 Å². The average molecular weight is 311 g/mol. The van der Waals surface area contributed by atoms with Crippen LogP contribution in [0.1, 0.15) is 26.7 Å². The number of ether oxygens (including phenoxy) is 1. The highest BCUT2D eigenvalue weighted by Crippen LogP contribution is 2.12. The van der Waals surface area contributed by atoms with E-state index in [1.54, 1.807) is 11.8 Å². The average Bonchev–Trinajstić information content (AvgIpc) is 2.52. The Morgan fingerprint density at radius 2 is 1.86 bits per heavy atom. The fraction of sp³-hybridized carbons (Fsp3) is 0.625. The molecule has 2 amide bonds. The van der Waals surface area contributed by atoms with Gasteiger partial charge < -0.3 is 20.3 Å². The van der Waals surface area contributed by atoms with Gasteiger partial charge in [-0.15, -0.1) is 0 Å². The molecule has 0 saturated carbocycles. The molecule has 0 atom stereocenters. The maximum Gasteiger partial charge on any atom is 0.246 e. The van der Waals surface area contributed by atoms with E-state index < -0.39 is 0 Å². The normalized spacial score (nSPS) is 15.2. The zero-order valence-electron chi connectivity index (χ0n) is 14.2. The first-order chi connectivity index (χ1) is 10.3. The third-order valence-corrected chi connectivity index (χ3v) is 3.33. The van der Waals surface area contributed by atoms with E-state index in [2.05, 4.69) is 13.5 Å². The minimum Gasteiger partial charge on any atom is -0.381 e. The molecule has 1 heterocycles. The summed E-state index contributed by atoms with van der Waals surface area (Å²) in [5, 5.41) is 0. The van der Waals surface area contributed by atoms with E-state index >= 15 is 0 Å². The van der Waals surface area contributed by atoms with Gasteiger partial charge in [-0.3, -0.25) is 9.59 Å². The SMILES string of the molecule is C=CC(=O)N1CCOCC1.CCC/C(=C(/C)C(N)=O)N(C)C. The van der Waals surface area contributed by atoms with E-state index in [1.165, 1.54) is 6.08 Å². The molecule has 1 saturated heterocycles. The molecule has 1 aliphatic rings. The Balaban J connectivity index is 0.000000406. The third-order valence-electron chi connectivity index (χ3n) is 3.33. The predicted molar refractivity (Wildman–Crippen MR) is 88.1 cm³/mol. The Morgan fingerprint density at radius 1 is 1.32 bits per heavy atom. The molecule has 1 rings (SSSR count). The number of hydrogen-bond acceptors (Lipinski definition) is 4. The third kappa shape index (κ3) is 7.26. The summed E-state index contributed by atoms with van der Waals surface area (Å²) in [6.07, 6.45) is 3.27. The number of amides is 2. The van der Waals surface area contributed by atoms with Gasteiger partial charge in [-0.1, -0.05) is 19.9 Å². The van der Waals surface area contributed by atoms with E-state index in [1.807, 2.05) is 19.0 Å². The van der Waals surface area contributed by atoms with Gasteiger partial charge in [0, 0.05) is 38.5 Å². The Kier molecular flexibility index (Phi) is 9.95. The van der Waals surface area contributed by atoms with Crippen molar-refractivity contribution in [3.63, 3.8) is 0 Å². The van der Waals surface area contributed by atoms with Crippen molar-refractivity contribution < 1.29 is 14.3 Å². The number of carbonyl (C=O) groups excluding carboxylic acids is 2. The van der Waals surface area contributed by atoms with Crippen LogP contribution >= 0.6 is 0 Å². The fourth-order valence-electron chi connectivity index (χ4n) is 2.04. The maximum absolute atomic E-state index is 10.9. The van der Waals surface area contributed by atoms with Crippen LogP contribution in [0.2, 0.25) is 0 Å². The summed E-state index contributed by atoms with van der Waals surface area (Å²) in [6.45, 7) is 9.96. The molecular weight excluding hydrogens is 282 g/mol. The molecule has 0 spiro atoms. The summed E-state index contributed by atoms with van der Waals surface area (Å²) in [4.78, 5) is 25.5. The zero-order valence-corrected chi connectivity index (χ0v) is 14.2. The minimum absolute atomic E-state index is 0.00306. The standard InChI is InChI=1S/C9H18N2O.C7H11NO2/c1-5-6-8(11(3)4)7(2)9(10)12;1-2-7(9)8-3-5-10-6-4-8/h5-6H2,1-4H3,(H2,10,12);2H,1,3-6H2/b8-7+;. The van der Waals surface area contributed by atoms with Crippen LogP contribution in [0.15, 0.2) is 23.9 Å². The van der Waals surface area contributed by atoms with E-state index in [0.717, 1.165) is 18.5 Å². The van der Waals surface area contributed by atoms with Crippen LogP contribution in [0.5, 0.6) is 0 Å². The molecule has 126 valence electrons. The molecule has 22 heavy (non-hydrogen) atoms. The summed E-state index contributed by atoms with van der Waals surface area (Å²) in [5.41, 5.74) is 6.88. The van der Waals surface area contributed by atoms with Crippen LogP contribution in [-0.2, 0) is 14.3 Å². The number of rotatable bonds is 5. The molecule has 0 bridgehead atoms. The van der Waals surface area contributed by atoms with Crippen molar-refractivity contribution in [2.24, 2.45) is 5.73 Å². The van der Waals surface area contributed by atoms with Gasteiger partial charge in [0.1, 0.15) is 0 Å². The van der Waals surface area contributed by atoms with Crippen molar-refractivity contribution >= 4 is 11.8 Å². The highest BCUT2D eigenvalue weighted by molar-refractivity contribution is 5.92. The molecule has 0 aromatic heterocycles. The van der Waals surface area contributed by atoms with E-state index in [0.29, 0.717) is 31.9 Å². The molecule has 1 aliphatic heterocycles. The fourth-order valence-corrected chi connectivity index (χ4v) is 2.04. The lowest BCUT2D eigenvalue weighted by molar-refractivity contribution is -0.129. The lowest BCUT2D eigenvalue weighted by atomic mass is 10.1. The number of nitrogens with two attached hydrogens (primary N) is 1. The van der Waals surface area contributed by atoms with Crippen molar-refractivity contribution in [3.05, 3.63) is 23.9 Å². The Morgan fingerprint density at radius 3 is 2.23 bits per heavy atom. The van der Waals surface area contributed by atoms with Crippen molar-refractivity contribution in [3.8, 4) is 0 Å². The van der Waals surface area contributed by atoms with E-state index in [9.17, 15) is 9.59 Å². The largest absolute Gasteiger partial charge is 0.381 e. The van der Waals surface area contributed by atoms with Crippen LogP contribution in [0.4, 0.5) is 0 Å². The number of hydrogen-bond donors (Lipinski definition) is 1. The van der Waals surface area contributed by atoms with Gasteiger partial charge in [-0.25, -0.2) is 0 Å². The topological polar surface area (TPSA) is 75.9 Å². The Hall–Kier alpha value is -1.82. The van der Waals surface area contributed by atoms with E-state index in [4.69, 9.17) is 10.5 Å². The van der Waals surface area contributed by atoms with Crippen LogP contribution in [0.25, 0.3) is 0 Å². The lowest BCUT2D eigenvalue weighted by Crippen LogP contribution is -2.39. The Labute approximate surface area is 133 Å². The van der Waals surface area contributed by atoms with Crippen LogP contribution in [-0.4, -0.2) is 62.0 Å². The number of allylic oxidation sites excluding steroid dienone is 1. The number of primary amides is 1. The summed E-state index contributed by atoms with van der Waals surface area (Å²) < 4.78 is 5.07. The maximum atomic E-state index is 10.9. The first kappa shape index (κ1) is 20.2. The zero-order chi connectivity index (χ0) is 17.1. The van der Waals surface area contributed by atoms with Crippen molar-refractivity contribution in [1.82, 2.24) is 9.80 Å². The van der Waals surface area contributed by atoms with Gasteiger partial charge >= 0.3 is 0 Å². The first-order valence-electron chi connectivity index (χ1n) is 7.51. The molecule has 0 aromatic carbocycles. The van der Waals surface area contributed by atoms with Gasteiger partial charge in [0.25, 0.3) is 0 Å². The number of morpholine rings is 1. The van der Waals surface area contributed by atoms with Gasteiger partial charge in [0.2, 0.25) is 11.8 Å². The van der Waals surface area contributed by atoms with Crippen LogP contribution in [0.3, 0.4) is 0 Å². The molecule has 6 nitrogen and oxygen atoms in total. The second-order valence-electron chi connectivity index (χ2n) is 5.22. The van der Waals surface area contributed by atoms with Crippen molar-refractivity contribution in [1.29, 1.82) is 0 Å². The second kappa shape index (κ2) is 10.8. The van der Waals surface area contributed by atoms with Gasteiger partial charge in [0.05, 0.1) is 13.2 Å². The summed E-state index contributed by atoms with van der Waals surface area (Å²) in [6, 6.07) is 0.